The van der Waals surface area contributed by atoms with E-state index in [9.17, 15) is 10.0 Å². The Hall–Kier alpha value is -0.150. The summed E-state index contributed by atoms with van der Waals surface area (Å²) in [6.45, 7) is 4.64. The third-order valence-electron chi connectivity index (χ3n) is 0.946. The summed E-state index contributed by atoms with van der Waals surface area (Å²) in [5.74, 6) is 0. The van der Waals surface area contributed by atoms with Crippen molar-refractivity contribution in [3.05, 3.63) is 4.91 Å². The molecule has 0 aliphatic rings. The molecular formula is C6H12ClNO2. The lowest BCUT2D eigenvalue weighted by atomic mass is 10.0. The van der Waals surface area contributed by atoms with Gasteiger partial charge in [0.1, 0.15) is 0 Å². The molecule has 1 atom stereocenters. The van der Waals surface area contributed by atoms with Crippen LogP contribution >= 0.6 is 11.6 Å². The van der Waals surface area contributed by atoms with Gasteiger partial charge in [-0.1, -0.05) is 11.6 Å². The zero-order valence-electron chi connectivity index (χ0n) is 6.39. The van der Waals surface area contributed by atoms with Crippen LogP contribution < -0.4 is 0 Å². The average Bonchev–Trinajstić information content (AvgIpc) is 1.60. The summed E-state index contributed by atoms with van der Waals surface area (Å²) in [7, 11) is 0. The first-order chi connectivity index (χ1) is 4.27. The molecule has 1 N–H and O–H groups in total. The van der Waals surface area contributed by atoms with E-state index < -0.39 is 10.6 Å². The molecule has 60 valence electrons. The lowest BCUT2D eigenvalue weighted by Gasteiger charge is -2.22. The van der Waals surface area contributed by atoms with Gasteiger partial charge in [-0.15, -0.1) is 4.91 Å². The van der Waals surface area contributed by atoms with Crippen LogP contribution in [0.15, 0.2) is 5.18 Å². The SMILES string of the molecule is CC(C)(O)CC(C)(Cl)N=O. The fourth-order valence-electron chi connectivity index (χ4n) is 0.822. The minimum absolute atomic E-state index is 0.158. The maximum atomic E-state index is 10.0. The molecule has 0 aliphatic heterocycles. The number of hydrogen-bond acceptors (Lipinski definition) is 3. The Morgan fingerprint density at radius 1 is 1.50 bits per heavy atom. The van der Waals surface area contributed by atoms with Gasteiger partial charge < -0.3 is 5.11 Å². The van der Waals surface area contributed by atoms with E-state index in [1.807, 2.05) is 0 Å². The first-order valence-electron chi connectivity index (χ1n) is 3.03. The maximum Gasteiger partial charge on any atom is 0.175 e. The standard InChI is InChI=1S/C6H12ClNO2/c1-5(2,9)4-6(3,7)8-10/h9H,4H2,1-3H3. The van der Waals surface area contributed by atoms with E-state index >= 15 is 0 Å². The van der Waals surface area contributed by atoms with Gasteiger partial charge in [-0.05, 0) is 25.9 Å². The second kappa shape index (κ2) is 2.84. The molecule has 3 nitrogen and oxygen atoms in total. The van der Waals surface area contributed by atoms with Crippen LogP contribution in [-0.4, -0.2) is 15.7 Å². The molecule has 0 radical (unpaired) electrons. The Bertz CT molecular complexity index is 128. The Labute approximate surface area is 65.4 Å². The van der Waals surface area contributed by atoms with Gasteiger partial charge in [0.25, 0.3) is 0 Å². The lowest BCUT2D eigenvalue weighted by molar-refractivity contribution is 0.0607. The van der Waals surface area contributed by atoms with Gasteiger partial charge in [0, 0.05) is 6.42 Å². The molecule has 4 heteroatoms. The molecule has 0 aliphatic carbocycles. The minimum Gasteiger partial charge on any atom is -0.390 e. The number of rotatable bonds is 3. The van der Waals surface area contributed by atoms with Crippen molar-refractivity contribution in [2.45, 2.75) is 37.8 Å². The molecule has 0 amide bonds. The van der Waals surface area contributed by atoms with E-state index in [1.54, 1.807) is 13.8 Å². The van der Waals surface area contributed by atoms with E-state index in [-0.39, 0.29) is 6.42 Å². The molecule has 0 saturated carbocycles. The molecule has 0 aromatic heterocycles. The van der Waals surface area contributed by atoms with Crippen LogP contribution in [0.3, 0.4) is 0 Å². The van der Waals surface area contributed by atoms with E-state index in [1.165, 1.54) is 6.92 Å². The maximum absolute atomic E-state index is 10.0. The summed E-state index contributed by atoms with van der Waals surface area (Å²) in [5, 5.41) is 11.9. The molecule has 0 rings (SSSR count). The van der Waals surface area contributed by atoms with Crippen molar-refractivity contribution in [2.75, 3.05) is 0 Å². The Balaban J connectivity index is 4.01. The smallest absolute Gasteiger partial charge is 0.175 e. The third-order valence-corrected chi connectivity index (χ3v) is 1.15. The zero-order chi connectivity index (χ0) is 8.41. The predicted molar refractivity (Wildman–Crippen MR) is 41.0 cm³/mol. The predicted octanol–water partition coefficient (Wildman–Crippen LogP) is 1.87. The van der Waals surface area contributed by atoms with Crippen LogP contribution in [0.4, 0.5) is 0 Å². The highest BCUT2D eigenvalue weighted by Gasteiger charge is 2.29. The van der Waals surface area contributed by atoms with Crippen LogP contribution in [-0.2, 0) is 0 Å². The van der Waals surface area contributed by atoms with Crippen molar-refractivity contribution in [3.63, 3.8) is 0 Å². The molecule has 1 unspecified atom stereocenters. The molecule has 10 heavy (non-hydrogen) atoms. The van der Waals surface area contributed by atoms with Crippen LogP contribution in [0.1, 0.15) is 27.2 Å². The number of alkyl halides is 1. The number of aliphatic hydroxyl groups is 1. The highest BCUT2D eigenvalue weighted by molar-refractivity contribution is 6.23. The van der Waals surface area contributed by atoms with Crippen LogP contribution in [0.5, 0.6) is 0 Å². The zero-order valence-corrected chi connectivity index (χ0v) is 7.14. The summed E-state index contributed by atoms with van der Waals surface area (Å²) < 4.78 is 0. The van der Waals surface area contributed by atoms with Crippen LogP contribution in [0.2, 0.25) is 0 Å². The molecule has 0 fully saturated rings. The first-order valence-corrected chi connectivity index (χ1v) is 3.40. The number of nitrogens with zero attached hydrogens (tertiary/aromatic N) is 1. The lowest BCUT2D eigenvalue weighted by Crippen LogP contribution is -2.29. The Morgan fingerprint density at radius 2 is 1.90 bits per heavy atom. The summed E-state index contributed by atoms with van der Waals surface area (Å²) in [4.78, 5) is 8.83. The summed E-state index contributed by atoms with van der Waals surface area (Å²) >= 11 is 5.57. The van der Waals surface area contributed by atoms with E-state index in [4.69, 9.17) is 11.6 Å². The third kappa shape index (κ3) is 4.70. The second-order valence-electron chi connectivity index (χ2n) is 3.22. The van der Waals surface area contributed by atoms with E-state index in [2.05, 4.69) is 5.18 Å². The van der Waals surface area contributed by atoms with Gasteiger partial charge in [-0.3, -0.25) is 0 Å². The van der Waals surface area contributed by atoms with Crippen molar-refractivity contribution < 1.29 is 5.11 Å². The number of halogens is 1. The van der Waals surface area contributed by atoms with E-state index in [0.717, 1.165) is 0 Å². The largest absolute Gasteiger partial charge is 0.390 e. The first kappa shape index (κ1) is 9.85. The molecular weight excluding hydrogens is 154 g/mol. The topological polar surface area (TPSA) is 49.7 Å². The fraction of sp³-hybridized carbons (Fsp3) is 1.00. The summed E-state index contributed by atoms with van der Waals surface area (Å²) in [6.07, 6.45) is 0.158. The van der Waals surface area contributed by atoms with Gasteiger partial charge in [0.15, 0.2) is 5.00 Å². The van der Waals surface area contributed by atoms with Crippen molar-refractivity contribution in [1.82, 2.24) is 0 Å². The molecule has 0 aromatic rings. The molecule has 0 bridgehead atoms. The molecule has 0 saturated heterocycles. The van der Waals surface area contributed by atoms with Crippen molar-refractivity contribution in [2.24, 2.45) is 5.18 Å². The Kier molecular flexibility index (Phi) is 2.80. The van der Waals surface area contributed by atoms with Gasteiger partial charge in [0.2, 0.25) is 0 Å². The monoisotopic (exact) mass is 165 g/mol. The summed E-state index contributed by atoms with van der Waals surface area (Å²) in [5.41, 5.74) is -0.940. The van der Waals surface area contributed by atoms with Crippen LogP contribution in [0.25, 0.3) is 0 Å². The average molecular weight is 166 g/mol. The van der Waals surface area contributed by atoms with Crippen molar-refractivity contribution in [3.8, 4) is 0 Å². The Morgan fingerprint density at radius 3 is 2.00 bits per heavy atom. The van der Waals surface area contributed by atoms with Crippen molar-refractivity contribution >= 4 is 11.6 Å². The second-order valence-corrected chi connectivity index (χ2v) is 4.04. The fourth-order valence-corrected chi connectivity index (χ4v) is 1.15. The van der Waals surface area contributed by atoms with Crippen LogP contribution in [0, 0.1) is 4.91 Å². The minimum atomic E-state index is -1.18. The summed E-state index contributed by atoms with van der Waals surface area (Å²) in [6, 6.07) is 0. The van der Waals surface area contributed by atoms with Gasteiger partial charge in [0.05, 0.1) is 5.60 Å². The number of nitroso groups, excluding NO2 is 1. The molecule has 0 spiro atoms. The van der Waals surface area contributed by atoms with Crippen molar-refractivity contribution in [1.29, 1.82) is 0 Å². The highest BCUT2D eigenvalue weighted by Crippen LogP contribution is 2.26. The van der Waals surface area contributed by atoms with Gasteiger partial charge in [-0.25, -0.2) is 0 Å². The number of hydrogen-bond donors (Lipinski definition) is 1. The quantitative estimate of drug-likeness (QED) is 0.394. The molecule has 0 heterocycles. The normalized spacial score (nSPS) is 18.1. The molecule has 0 aromatic carbocycles. The van der Waals surface area contributed by atoms with Gasteiger partial charge >= 0.3 is 0 Å². The van der Waals surface area contributed by atoms with E-state index in [0.29, 0.717) is 0 Å². The highest BCUT2D eigenvalue weighted by atomic mass is 35.5. The van der Waals surface area contributed by atoms with Gasteiger partial charge in [-0.2, -0.15) is 0 Å².